The van der Waals surface area contributed by atoms with Crippen LogP contribution < -0.4 is 10.6 Å². The van der Waals surface area contributed by atoms with E-state index in [0.717, 1.165) is 12.4 Å². The maximum atomic E-state index is 5.89. The second kappa shape index (κ2) is 6.70. The highest BCUT2D eigenvalue weighted by Gasteiger charge is 2.23. The van der Waals surface area contributed by atoms with Gasteiger partial charge in [-0.2, -0.15) is 0 Å². The van der Waals surface area contributed by atoms with Crippen molar-refractivity contribution in [1.29, 1.82) is 0 Å². The first-order valence-electron chi connectivity index (χ1n) is 7.22. The molecule has 5 heteroatoms. The number of nitrogen functional groups attached to an aromatic ring is 1. The first-order valence-corrected chi connectivity index (χ1v) is 7.22. The molecule has 1 saturated carbocycles. The lowest BCUT2D eigenvalue weighted by Crippen LogP contribution is -2.34. The van der Waals surface area contributed by atoms with Crippen LogP contribution in [0.3, 0.4) is 0 Å². The smallest absolute Gasteiger partial charge is 0.158 e. The molecule has 1 aliphatic rings. The minimum atomic E-state index is 0.427. The Morgan fingerprint density at radius 2 is 2.05 bits per heavy atom. The SMILES string of the molecule is CCOCc1nc(N)cc(N(CC)C2CCCC2)n1. The van der Waals surface area contributed by atoms with E-state index in [1.807, 2.05) is 13.0 Å². The van der Waals surface area contributed by atoms with Gasteiger partial charge in [0.1, 0.15) is 18.2 Å². The van der Waals surface area contributed by atoms with Crippen molar-refractivity contribution in [2.75, 3.05) is 23.8 Å². The number of rotatable bonds is 6. The third kappa shape index (κ3) is 3.56. The molecule has 0 amide bonds. The van der Waals surface area contributed by atoms with Gasteiger partial charge in [-0.25, -0.2) is 9.97 Å². The zero-order chi connectivity index (χ0) is 13.7. The fraction of sp³-hybridized carbons (Fsp3) is 0.714. The van der Waals surface area contributed by atoms with Crippen molar-refractivity contribution in [3.05, 3.63) is 11.9 Å². The Bertz CT molecular complexity index is 404. The fourth-order valence-corrected chi connectivity index (χ4v) is 2.73. The number of hydrogen-bond donors (Lipinski definition) is 1. The van der Waals surface area contributed by atoms with Crippen LogP contribution >= 0.6 is 0 Å². The Labute approximate surface area is 115 Å². The van der Waals surface area contributed by atoms with Crippen molar-refractivity contribution >= 4 is 11.6 Å². The van der Waals surface area contributed by atoms with Gasteiger partial charge in [-0.3, -0.25) is 0 Å². The predicted molar refractivity (Wildman–Crippen MR) is 77.1 cm³/mol. The molecule has 2 N–H and O–H groups in total. The number of nitrogens with two attached hydrogens (primary N) is 1. The molecule has 1 aromatic rings. The average molecular weight is 264 g/mol. The van der Waals surface area contributed by atoms with Crippen LogP contribution in [0.25, 0.3) is 0 Å². The summed E-state index contributed by atoms with van der Waals surface area (Å²) in [5, 5.41) is 0. The number of aromatic nitrogens is 2. The highest BCUT2D eigenvalue weighted by molar-refractivity contribution is 5.47. The molecule has 1 fully saturated rings. The Morgan fingerprint density at radius 1 is 1.32 bits per heavy atom. The third-order valence-electron chi connectivity index (χ3n) is 3.61. The number of anilines is 2. The van der Waals surface area contributed by atoms with E-state index in [-0.39, 0.29) is 0 Å². The third-order valence-corrected chi connectivity index (χ3v) is 3.61. The zero-order valence-corrected chi connectivity index (χ0v) is 11.9. The molecule has 5 nitrogen and oxygen atoms in total. The van der Waals surface area contributed by atoms with Crippen LogP contribution in [0.1, 0.15) is 45.4 Å². The van der Waals surface area contributed by atoms with Gasteiger partial charge in [-0.1, -0.05) is 12.8 Å². The summed E-state index contributed by atoms with van der Waals surface area (Å²) in [4.78, 5) is 11.2. The molecule has 19 heavy (non-hydrogen) atoms. The minimum Gasteiger partial charge on any atom is -0.384 e. The summed E-state index contributed by atoms with van der Waals surface area (Å²) < 4.78 is 5.37. The van der Waals surface area contributed by atoms with E-state index < -0.39 is 0 Å². The van der Waals surface area contributed by atoms with Gasteiger partial charge in [0.25, 0.3) is 0 Å². The van der Waals surface area contributed by atoms with Gasteiger partial charge in [-0.05, 0) is 26.7 Å². The molecule has 0 atom stereocenters. The van der Waals surface area contributed by atoms with Gasteiger partial charge < -0.3 is 15.4 Å². The van der Waals surface area contributed by atoms with Crippen molar-refractivity contribution in [3.8, 4) is 0 Å². The van der Waals surface area contributed by atoms with Crippen molar-refractivity contribution in [3.63, 3.8) is 0 Å². The van der Waals surface area contributed by atoms with Gasteiger partial charge >= 0.3 is 0 Å². The van der Waals surface area contributed by atoms with Gasteiger partial charge in [0, 0.05) is 25.3 Å². The normalized spacial score (nSPS) is 15.9. The lowest BCUT2D eigenvalue weighted by Gasteiger charge is -2.29. The highest BCUT2D eigenvalue weighted by Crippen LogP contribution is 2.27. The van der Waals surface area contributed by atoms with Gasteiger partial charge in [-0.15, -0.1) is 0 Å². The van der Waals surface area contributed by atoms with E-state index in [2.05, 4.69) is 21.8 Å². The zero-order valence-electron chi connectivity index (χ0n) is 11.9. The number of hydrogen-bond acceptors (Lipinski definition) is 5. The highest BCUT2D eigenvalue weighted by atomic mass is 16.5. The van der Waals surface area contributed by atoms with Crippen LogP contribution in [0.4, 0.5) is 11.6 Å². The molecular formula is C14H24N4O. The van der Waals surface area contributed by atoms with E-state index in [4.69, 9.17) is 10.5 Å². The molecule has 0 spiro atoms. The summed E-state index contributed by atoms with van der Waals surface area (Å²) in [6.07, 6.45) is 5.12. The van der Waals surface area contributed by atoms with Crippen LogP contribution in [0.5, 0.6) is 0 Å². The molecular weight excluding hydrogens is 240 g/mol. The maximum Gasteiger partial charge on any atom is 0.158 e. The average Bonchev–Trinajstić information content (AvgIpc) is 2.90. The van der Waals surface area contributed by atoms with Crippen molar-refractivity contribution in [2.24, 2.45) is 0 Å². The Balaban J connectivity index is 2.18. The van der Waals surface area contributed by atoms with Crippen LogP contribution in [-0.4, -0.2) is 29.2 Å². The largest absolute Gasteiger partial charge is 0.384 e. The number of ether oxygens (including phenoxy) is 1. The standard InChI is InChI=1S/C14H24N4O/c1-3-18(11-7-5-6-8-11)14-9-12(15)16-13(17-14)10-19-4-2/h9,11H,3-8,10H2,1-2H3,(H2,15,16,17). The summed E-state index contributed by atoms with van der Waals surface area (Å²) in [5.41, 5.74) is 5.89. The van der Waals surface area contributed by atoms with Crippen LogP contribution in [0, 0.1) is 0 Å². The summed E-state index contributed by atoms with van der Waals surface area (Å²) in [7, 11) is 0. The Morgan fingerprint density at radius 3 is 2.68 bits per heavy atom. The lowest BCUT2D eigenvalue weighted by molar-refractivity contribution is 0.128. The van der Waals surface area contributed by atoms with Crippen molar-refractivity contribution in [1.82, 2.24) is 9.97 Å². The second-order valence-corrected chi connectivity index (χ2v) is 4.93. The van der Waals surface area contributed by atoms with E-state index in [9.17, 15) is 0 Å². The molecule has 0 aromatic carbocycles. The number of nitrogens with zero attached hydrogens (tertiary/aromatic N) is 3. The first-order chi connectivity index (χ1) is 9.24. The van der Waals surface area contributed by atoms with E-state index in [0.29, 0.717) is 30.9 Å². The molecule has 0 saturated heterocycles. The molecule has 0 aliphatic heterocycles. The van der Waals surface area contributed by atoms with Gasteiger partial charge in [0.2, 0.25) is 0 Å². The van der Waals surface area contributed by atoms with E-state index in [1.165, 1.54) is 25.7 Å². The first kappa shape index (κ1) is 14.1. The molecule has 0 radical (unpaired) electrons. The van der Waals surface area contributed by atoms with Crippen LogP contribution in [0.2, 0.25) is 0 Å². The Kier molecular flexibility index (Phi) is 4.96. The second-order valence-electron chi connectivity index (χ2n) is 4.93. The van der Waals surface area contributed by atoms with Gasteiger partial charge in [0.15, 0.2) is 5.82 Å². The summed E-state index contributed by atoms with van der Waals surface area (Å²) in [5.74, 6) is 2.14. The lowest BCUT2D eigenvalue weighted by atomic mass is 10.2. The van der Waals surface area contributed by atoms with Gasteiger partial charge in [0.05, 0.1) is 0 Å². The maximum absolute atomic E-state index is 5.89. The molecule has 0 bridgehead atoms. The molecule has 0 unspecified atom stereocenters. The molecule has 1 aliphatic carbocycles. The monoisotopic (exact) mass is 264 g/mol. The summed E-state index contributed by atoms with van der Waals surface area (Å²) >= 11 is 0. The molecule has 1 heterocycles. The predicted octanol–water partition coefficient (Wildman–Crippen LogP) is 2.36. The van der Waals surface area contributed by atoms with Crippen LogP contribution in [-0.2, 0) is 11.3 Å². The molecule has 106 valence electrons. The summed E-state index contributed by atoms with van der Waals surface area (Å²) in [6, 6.07) is 2.47. The van der Waals surface area contributed by atoms with Crippen molar-refractivity contribution < 1.29 is 4.74 Å². The van der Waals surface area contributed by atoms with Crippen molar-refractivity contribution in [2.45, 2.75) is 52.2 Å². The fourth-order valence-electron chi connectivity index (χ4n) is 2.73. The molecule has 2 rings (SSSR count). The van der Waals surface area contributed by atoms with Crippen LogP contribution in [0.15, 0.2) is 6.07 Å². The van der Waals surface area contributed by atoms with E-state index in [1.54, 1.807) is 0 Å². The summed E-state index contributed by atoms with van der Waals surface area (Å²) in [6.45, 7) is 6.17. The molecule has 1 aromatic heterocycles. The minimum absolute atomic E-state index is 0.427. The quantitative estimate of drug-likeness (QED) is 0.854. The topological polar surface area (TPSA) is 64.3 Å². The van der Waals surface area contributed by atoms with E-state index >= 15 is 0 Å². The Hall–Kier alpha value is -1.36.